The van der Waals surface area contributed by atoms with Gasteiger partial charge in [-0.15, -0.1) is 0 Å². The maximum atomic E-state index is 12.7. The van der Waals surface area contributed by atoms with E-state index in [9.17, 15) is 4.79 Å². The van der Waals surface area contributed by atoms with Crippen molar-refractivity contribution in [2.24, 2.45) is 5.92 Å². The molecule has 0 saturated carbocycles. The van der Waals surface area contributed by atoms with Crippen LogP contribution in [0.2, 0.25) is 0 Å². The second-order valence-corrected chi connectivity index (χ2v) is 9.29. The number of rotatable bonds is 6. The molecule has 0 aromatic heterocycles. The highest BCUT2D eigenvalue weighted by atomic mass is 16.2. The molecule has 2 aromatic carbocycles. The molecule has 4 rings (SSSR count). The van der Waals surface area contributed by atoms with Gasteiger partial charge in [0.15, 0.2) is 0 Å². The van der Waals surface area contributed by atoms with E-state index in [0.717, 1.165) is 43.3 Å². The molecule has 0 unspecified atom stereocenters. The van der Waals surface area contributed by atoms with Gasteiger partial charge in [-0.3, -0.25) is 9.69 Å². The summed E-state index contributed by atoms with van der Waals surface area (Å²) in [5.41, 5.74) is 6.27. The van der Waals surface area contributed by atoms with Crippen LogP contribution in [-0.4, -0.2) is 43.5 Å². The predicted octanol–water partition coefficient (Wildman–Crippen LogP) is 4.83. The molecule has 1 N–H and O–H groups in total. The zero-order valence-corrected chi connectivity index (χ0v) is 18.7. The number of amides is 1. The molecule has 0 spiro atoms. The highest BCUT2D eigenvalue weighted by Crippen LogP contribution is 2.30. The van der Waals surface area contributed by atoms with Gasteiger partial charge in [0, 0.05) is 24.5 Å². The zero-order valence-electron chi connectivity index (χ0n) is 18.7. The third-order valence-corrected chi connectivity index (χ3v) is 6.73. The Morgan fingerprint density at radius 2 is 1.83 bits per heavy atom. The lowest BCUT2D eigenvalue weighted by atomic mass is 9.96. The van der Waals surface area contributed by atoms with E-state index in [1.165, 1.54) is 36.1 Å². The van der Waals surface area contributed by atoms with Crippen LogP contribution >= 0.6 is 0 Å². The van der Waals surface area contributed by atoms with Crippen LogP contribution in [0.5, 0.6) is 0 Å². The van der Waals surface area contributed by atoms with Gasteiger partial charge < -0.3 is 10.2 Å². The van der Waals surface area contributed by atoms with Crippen LogP contribution in [0.3, 0.4) is 0 Å². The average Bonchev–Trinajstić information content (AvgIpc) is 3.14. The monoisotopic (exact) mass is 405 g/mol. The highest BCUT2D eigenvalue weighted by molar-refractivity contribution is 5.94. The molecule has 2 aromatic rings. The van der Waals surface area contributed by atoms with Crippen molar-refractivity contribution < 1.29 is 4.79 Å². The number of piperidine rings is 1. The molecule has 0 aliphatic carbocycles. The maximum absolute atomic E-state index is 12.7. The lowest BCUT2D eigenvalue weighted by Gasteiger charge is -2.34. The van der Waals surface area contributed by atoms with Crippen molar-refractivity contribution in [1.82, 2.24) is 4.90 Å². The lowest BCUT2D eigenvalue weighted by molar-refractivity contribution is -0.117. The quantitative estimate of drug-likeness (QED) is 0.748. The second-order valence-electron chi connectivity index (χ2n) is 9.29. The number of fused-ring (bicyclic) bond motifs is 1. The van der Waals surface area contributed by atoms with Crippen molar-refractivity contribution in [1.29, 1.82) is 0 Å². The Kier molecular flexibility index (Phi) is 6.43. The fraction of sp³-hybridized carbons (Fsp3) is 0.500. The fourth-order valence-corrected chi connectivity index (χ4v) is 4.96. The summed E-state index contributed by atoms with van der Waals surface area (Å²) < 4.78 is 0. The van der Waals surface area contributed by atoms with Gasteiger partial charge in [-0.1, -0.05) is 50.2 Å². The molecule has 0 atom stereocenters. The van der Waals surface area contributed by atoms with Gasteiger partial charge in [-0.25, -0.2) is 0 Å². The van der Waals surface area contributed by atoms with E-state index in [1.807, 2.05) is 0 Å². The van der Waals surface area contributed by atoms with Crippen molar-refractivity contribution in [2.75, 3.05) is 42.9 Å². The minimum absolute atomic E-state index is 0.109. The Bertz CT molecular complexity index is 884. The number of nitrogens with one attached hydrogen (secondary N) is 1. The number of likely N-dealkylation sites (tertiary alicyclic amines) is 1. The van der Waals surface area contributed by atoms with E-state index in [2.05, 4.69) is 78.4 Å². The number of hydrogen-bond acceptors (Lipinski definition) is 3. The summed E-state index contributed by atoms with van der Waals surface area (Å²) in [7, 11) is 0. The van der Waals surface area contributed by atoms with Gasteiger partial charge in [0.1, 0.15) is 0 Å². The van der Waals surface area contributed by atoms with Crippen LogP contribution < -0.4 is 10.2 Å². The highest BCUT2D eigenvalue weighted by Gasteiger charge is 2.26. The number of nitrogens with zero attached hydrogens (tertiary/aromatic N) is 2. The van der Waals surface area contributed by atoms with Crippen LogP contribution in [0.1, 0.15) is 49.3 Å². The Hall–Kier alpha value is -2.33. The number of carbonyl (C=O) groups is 1. The van der Waals surface area contributed by atoms with Gasteiger partial charge in [0.05, 0.1) is 6.54 Å². The van der Waals surface area contributed by atoms with Crippen LogP contribution in [0, 0.1) is 12.8 Å². The minimum Gasteiger partial charge on any atom is -0.371 e. The van der Waals surface area contributed by atoms with Crippen molar-refractivity contribution in [3.8, 4) is 0 Å². The smallest absolute Gasteiger partial charge is 0.238 e. The van der Waals surface area contributed by atoms with E-state index in [-0.39, 0.29) is 5.91 Å². The number of anilines is 2. The summed E-state index contributed by atoms with van der Waals surface area (Å²) >= 11 is 0. The Labute approximate surface area is 181 Å². The lowest BCUT2D eigenvalue weighted by Crippen LogP contribution is -2.41. The molecule has 1 saturated heterocycles. The molecule has 30 heavy (non-hydrogen) atoms. The molecule has 1 fully saturated rings. The molecule has 2 aliphatic heterocycles. The van der Waals surface area contributed by atoms with Gasteiger partial charge in [-0.05, 0) is 73.9 Å². The molecule has 2 aliphatic rings. The van der Waals surface area contributed by atoms with Gasteiger partial charge >= 0.3 is 0 Å². The zero-order chi connectivity index (χ0) is 21.1. The van der Waals surface area contributed by atoms with E-state index < -0.39 is 0 Å². The van der Waals surface area contributed by atoms with Gasteiger partial charge in [0.2, 0.25) is 5.91 Å². The van der Waals surface area contributed by atoms with Crippen molar-refractivity contribution >= 4 is 17.3 Å². The van der Waals surface area contributed by atoms with Crippen LogP contribution in [0.4, 0.5) is 11.4 Å². The SMILES string of the molecule is Cc1cccc(C(C)C)c1NC(=O)CN1CCC(CN2CCc3ccccc32)CC1. The molecule has 4 heteroatoms. The molecule has 0 bridgehead atoms. The van der Waals surface area contributed by atoms with E-state index in [4.69, 9.17) is 0 Å². The Balaban J connectivity index is 1.27. The summed E-state index contributed by atoms with van der Waals surface area (Å²) in [4.78, 5) is 17.6. The van der Waals surface area contributed by atoms with Crippen molar-refractivity contribution in [3.63, 3.8) is 0 Å². The first-order valence-corrected chi connectivity index (χ1v) is 11.5. The van der Waals surface area contributed by atoms with Crippen LogP contribution in [-0.2, 0) is 11.2 Å². The largest absolute Gasteiger partial charge is 0.371 e. The topological polar surface area (TPSA) is 35.6 Å². The summed E-state index contributed by atoms with van der Waals surface area (Å²) in [6.45, 7) is 11.2. The van der Waals surface area contributed by atoms with E-state index in [1.54, 1.807) is 0 Å². The van der Waals surface area contributed by atoms with Crippen molar-refractivity contribution in [3.05, 3.63) is 59.2 Å². The summed E-state index contributed by atoms with van der Waals surface area (Å²) in [6.07, 6.45) is 3.52. The fourth-order valence-electron chi connectivity index (χ4n) is 4.96. The maximum Gasteiger partial charge on any atom is 0.238 e. The molecule has 1 amide bonds. The third kappa shape index (κ3) is 4.70. The number of para-hydroxylation sites is 2. The van der Waals surface area contributed by atoms with Crippen LogP contribution in [0.25, 0.3) is 0 Å². The van der Waals surface area contributed by atoms with Crippen molar-refractivity contribution in [2.45, 2.75) is 46.0 Å². The normalized spacial score (nSPS) is 17.4. The predicted molar refractivity (Wildman–Crippen MR) is 125 cm³/mol. The molecular weight excluding hydrogens is 370 g/mol. The van der Waals surface area contributed by atoms with Crippen LogP contribution in [0.15, 0.2) is 42.5 Å². The number of aryl methyl sites for hydroxylation is 1. The Morgan fingerprint density at radius 1 is 1.07 bits per heavy atom. The summed E-state index contributed by atoms with van der Waals surface area (Å²) in [5.74, 6) is 1.23. The first kappa shape index (κ1) is 20.9. The molecule has 0 radical (unpaired) electrons. The minimum atomic E-state index is 0.109. The van der Waals surface area contributed by atoms with E-state index in [0.29, 0.717) is 12.5 Å². The molecular formula is C26H35N3O. The molecule has 4 nitrogen and oxygen atoms in total. The number of hydrogen-bond donors (Lipinski definition) is 1. The average molecular weight is 406 g/mol. The first-order valence-electron chi connectivity index (χ1n) is 11.5. The standard InChI is InChI=1S/C26H35N3O/c1-19(2)23-9-6-7-20(3)26(23)27-25(30)18-28-14-11-21(12-15-28)17-29-16-13-22-8-4-5-10-24(22)29/h4-10,19,21H,11-18H2,1-3H3,(H,27,30). The number of benzene rings is 2. The summed E-state index contributed by atoms with van der Waals surface area (Å²) in [6, 6.07) is 15.1. The van der Waals surface area contributed by atoms with Gasteiger partial charge in [-0.2, -0.15) is 0 Å². The van der Waals surface area contributed by atoms with E-state index >= 15 is 0 Å². The number of carbonyl (C=O) groups excluding carboxylic acids is 1. The first-order chi connectivity index (χ1) is 14.5. The van der Waals surface area contributed by atoms with Gasteiger partial charge in [0.25, 0.3) is 0 Å². The molecule has 2 heterocycles. The summed E-state index contributed by atoms with van der Waals surface area (Å²) in [5, 5.41) is 3.20. The Morgan fingerprint density at radius 3 is 2.60 bits per heavy atom. The third-order valence-electron chi connectivity index (χ3n) is 6.73. The molecule has 160 valence electrons. The second kappa shape index (κ2) is 9.22.